The van der Waals surface area contributed by atoms with Crippen LogP contribution in [0.3, 0.4) is 0 Å². The van der Waals surface area contributed by atoms with Gasteiger partial charge in [-0.25, -0.2) is 0 Å². The van der Waals surface area contributed by atoms with Crippen LogP contribution in [0.5, 0.6) is 0 Å². The van der Waals surface area contributed by atoms with Crippen molar-refractivity contribution in [2.24, 2.45) is 0 Å². The van der Waals surface area contributed by atoms with Gasteiger partial charge < -0.3 is 9.13 Å². The minimum Gasteiger partial charge on any atom is -0.309 e. The predicted molar refractivity (Wildman–Crippen MR) is 237 cm³/mol. The second-order valence-corrected chi connectivity index (χ2v) is 14.5. The summed E-state index contributed by atoms with van der Waals surface area (Å²) < 4.78 is 4.89. The van der Waals surface area contributed by atoms with Gasteiger partial charge in [0.15, 0.2) is 0 Å². The van der Waals surface area contributed by atoms with Crippen molar-refractivity contribution in [2.45, 2.75) is 0 Å². The Morgan fingerprint density at radius 3 is 1.20 bits per heavy atom. The lowest BCUT2D eigenvalue weighted by Crippen LogP contribution is -1.95. The van der Waals surface area contributed by atoms with Crippen molar-refractivity contribution < 1.29 is 0 Å². The van der Waals surface area contributed by atoms with E-state index in [4.69, 9.17) is 0 Å². The fourth-order valence-corrected chi connectivity index (χ4v) is 8.75. The van der Waals surface area contributed by atoms with Gasteiger partial charge in [-0.1, -0.05) is 158 Å². The summed E-state index contributed by atoms with van der Waals surface area (Å²) in [7, 11) is 0. The molecule has 0 spiro atoms. The molecule has 0 aliphatic carbocycles. The van der Waals surface area contributed by atoms with Gasteiger partial charge in [-0.3, -0.25) is 0 Å². The summed E-state index contributed by atoms with van der Waals surface area (Å²) in [6.07, 6.45) is 0. The van der Waals surface area contributed by atoms with E-state index in [1.165, 1.54) is 88.1 Å². The zero-order valence-electron chi connectivity index (χ0n) is 30.7. The van der Waals surface area contributed by atoms with Crippen molar-refractivity contribution in [3.8, 4) is 55.9 Å². The summed E-state index contributed by atoms with van der Waals surface area (Å²) in [5.41, 5.74) is 16.8. The molecule has 0 fully saturated rings. The van der Waals surface area contributed by atoms with Gasteiger partial charge in [-0.05, 0) is 94.0 Å². The molecule has 0 saturated heterocycles. The van der Waals surface area contributed by atoms with E-state index in [2.05, 4.69) is 228 Å². The molecule has 2 heterocycles. The Kier molecular flexibility index (Phi) is 7.53. The minimum absolute atomic E-state index is 1.15. The third kappa shape index (κ3) is 5.19. The van der Waals surface area contributed by atoms with Crippen LogP contribution < -0.4 is 0 Å². The Balaban J connectivity index is 1.19. The molecule has 0 aliphatic rings. The van der Waals surface area contributed by atoms with Crippen molar-refractivity contribution in [3.05, 3.63) is 218 Å². The topological polar surface area (TPSA) is 9.86 Å². The number of fused-ring (bicyclic) bond motifs is 6. The summed E-state index contributed by atoms with van der Waals surface area (Å²) >= 11 is 0. The van der Waals surface area contributed by atoms with Crippen molar-refractivity contribution in [2.75, 3.05) is 0 Å². The fourth-order valence-electron chi connectivity index (χ4n) is 8.75. The lowest BCUT2D eigenvalue weighted by molar-refractivity contribution is 1.18. The van der Waals surface area contributed by atoms with Gasteiger partial charge in [-0.2, -0.15) is 0 Å². The van der Waals surface area contributed by atoms with E-state index >= 15 is 0 Å². The van der Waals surface area contributed by atoms with Crippen molar-refractivity contribution in [3.63, 3.8) is 0 Å². The number of nitrogens with zero attached hydrogens (tertiary/aromatic N) is 2. The van der Waals surface area contributed by atoms with Crippen molar-refractivity contribution in [1.29, 1.82) is 0 Å². The standard InChI is InChI=1S/C54H36N2/c1-6-17-37(18-7-1)42-35-47(39-21-10-3-11-22-39)54-50(36-42)49-34-41(30-32-52(49)56(54)44-25-14-5-15-26-44)40-29-31-51-48(33-40)46-28-16-27-45(38-19-8-2-9-20-38)53(46)55(51)43-23-12-4-13-24-43/h1-36H. The van der Waals surface area contributed by atoms with E-state index in [9.17, 15) is 0 Å². The van der Waals surface area contributed by atoms with Gasteiger partial charge in [-0.15, -0.1) is 0 Å². The molecular formula is C54H36N2. The second kappa shape index (κ2) is 13.2. The highest BCUT2D eigenvalue weighted by Crippen LogP contribution is 2.44. The maximum absolute atomic E-state index is 2.45. The second-order valence-electron chi connectivity index (χ2n) is 14.5. The Morgan fingerprint density at radius 2 is 0.661 bits per heavy atom. The maximum Gasteiger partial charge on any atom is 0.0619 e. The van der Waals surface area contributed by atoms with E-state index in [0.717, 1.165) is 11.4 Å². The molecule has 2 heteroatoms. The molecule has 2 aromatic heterocycles. The SMILES string of the molecule is c1ccc(-c2cc(-c3ccccc3)c3c(c2)c2cc(-c4ccc5c(c4)c4cccc(-c6ccccc6)c4n5-c4ccccc4)ccc2n3-c2ccccc2)cc1. The predicted octanol–water partition coefficient (Wildman–Crippen LogP) is 14.5. The van der Waals surface area contributed by atoms with Crippen LogP contribution in [0.25, 0.3) is 99.5 Å². The maximum atomic E-state index is 2.45. The summed E-state index contributed by atoms with van der Waals surface area (Å²) in [5, 5.41) is 4.95. The Morgan fingerprint density at radius 1 is 0.232 bits per heavy atom. The van der Waals surface area contributed by atoms with Crippen LogP contribution in [0.4, 0.5) is 0 Å². The molecule has 0 radical (unpaired) electrons. The first kappa shape index (κ1) is 32.0. The Hall–Kier alpha value is -7.42. The average molecular weight is 713 g/mol. The molecule has 0 saturated carbocycles. The molecule has 262 valence electrons. The summed E-state index contributed by atoms with van der Waals surface area (Å²) in [6.45, 7) is 0. The first-order chi connectivity index (χ1) is 27.8. The van der Waals surface area contributed by atoms with Gasteiger partial charge in [0, 0.05) is 44.0 Å². The molecular weight excluding hydrogens is 677 g/mol. The van der Waals surface area contributed by atoms with E-state index in [1.807, 2.05) is 0 Å². The summed E-state index contributed by atoms with van der Waals surface area (Å²) in [5.74, 6) is 0. The number of para-hydroxylation sites is 3. The molecule has 0 N–H and O–H groups in total. The van der Waals surface area contributed by atoms with Crippen LogP contribution in [0.2, 0.25) is 0 Å². The largest absolute Gasteiger partial charge is 0.309 e. The van der Waals surface area contributed by atoms with Gasteiger partial charge in [0.25, 0.3) is 0 Å². The minimum atomic E-state index is 1.15. The third-order valence-corrected chi connectivity index (χ3v) is 11.3. The third-order valence-electron chi connectivity index (χ3n) is 11.3. The lowest BCUT2D eigenvalue weighted by Gasteiger charge is -2.13. The fraction of sp³-hybridized carbons (Fsp3) is 0. The molecule has 0 aliphatic heterocycles. The highest BCUT2D eigenvalue weighted by Gasteiger charge is 2.21. The highest BCUT2D eigenvalue weighted by molar-refractivity contribution is 6.17. The zero-order chi connectivity index (χ0) is 37.0. The first-order valence-corrected chi connectivity index (χ1v) is 19.3. The molecule has 2 nitrogen and oxygen atoms in total. The average Bonchev–Trinajstić information content (AvgIpc) is 3.80. The molecule has 0 unspecified atom stereocenters. The monoisotopic (exact) mass is 712 g/mol. The normalized spacial score (nSPS) is 11.6. The van der Waals surface area contributed by atoms with Crippen LogP contribution >= 0.6 is 0 Å². The first-order valence-electron chi connectivity index (χ1n) is 19.3. The molecule has 11 rings (SSSR count). The van der Waals surface area contributed by atoms with Crippen molar-refractivity contribution in [1.82, 2.24) is 9.13 Å². The van der Waals surface area contributed by atoms with Gasteiger partial charge in [0.05, 0.1) is 22.1 Å². The zero-order valence-corrected chi connectivity index (χ0v) is 30.7. The van der Waals surface area contributed by atoms with Gasteiger partial charge >= 0.3 is 0 Å². The molecule has 0 atom stereocenters. The van der Waals surface area contributed by atoms with E-state index in [-0.39, 0.29) is 0 Å². The molecule has 56 heavy (non-hydrogen) atoms. The molecule has 9 aromatic carbocycles. The molecule has 0 amide bonds. The number of aromatic nitrogens is 2. The van der Waals surface area contributed by atoms with E-state index in [0.29, 0.717) is 0 Å². The van der Waals surface area contributed by atoms with E-state index < -0.39 is 0 Å². The quantitative estimate of drug-likeness (QED) is 0.162. The van der Waals surface area contributed by atoms with Crippen LogP contribution in [0, 0.1) is 0 Å². The summed E-state index contributed by atoms with van der Waals surface area (Å²) in [6, 6.07) is 79.4. The van der Waals surface area contributed by atoms with Crippen LogP contribution in [0.15, 0.2) is 218 Å². The number of hydrogen-bond acceptors (Lipinski definition) is 0. The number of hydrogen-bond donors (Lipinski definition) is 0. The van der Waals surface area contributed by atoms with Crippen molar-refractivity contribution >= 4 is 43.6 Å². The van der Waals surface area contributed by atoms with Crippen LogP contribution in [0.1, 0.15) is 0 Å². The summed E-state index contributed by atoms with van der Waals surface area (Å²) in [4.78, 5) is 0. The Bertz CT molecular complexity index is 3200. The van der Waals surface area contributed by atoms with Gasteiger partial charge in [0.2, 0.25) is 0 Å². The Labute approximate surface area is 325 Å². The molecule has 0 bridgehead atoms. The number of benzene rings is 9. The van der Waals surface area contributed by atoms with Crippen LogP contribution in [-0.2, 0) is 0 Å². The smallest absolute Gasteiger partial charge is 0.0619 e. The highest BCUT2D eigenvalue weighted by atomic mass is 15.0. The lowest BCUT2D eigenvalue weighted by atomic mass is 9.94. The molecule has 11 aromatic rings. The van der Waals surface area contributed by atoms with Gasteiger partial charge in [0.1, 0.15) is 0 Å². The number of rotatable bonds is 6. The van der Waals surface area contributed by atoms with Crippen LogP contribution in [-0.4, -0.2) is 9.13 Å². The van der Waals surface area contributed by atoms with E-state index in [1.54, 1.807) is 0 Å².